The third-order valence-electron chi connectivity index (χ3n) is 2.73. The Morgan fingerprint density at radius 2 is 2.10 bits per heavy atom. The zero-order chi connectivity index (χ0) is 15.2. The predicted molar refractivity (Wildman–Crippen MR) is 85.0 cm³/mol. The minimum atomic E-state index is 0.111. The highest BCUT2D eigenvalue weighted by molar-refractivity contribution is 7.11. The van der Waals surface area contributed by atoms with Gasteiger partial charge in [-0.05, 0) is 5.92 Å². The van der Waals surface area contributed by atoms with Crippen molar-refractivity contribution in [1.29, 1.82) is 0 Å². The first-order valence-electron chi connectivity index (χ1n) is 7.21. The molecule has 1 aromatic heterocycles. The van der Waals surface area contributed by atoms with Crippen LogP contribution in [0.3, 0.4) is 0 Å². The fourth-order valence-electron chi connectivity index (χ4n) is 1.56. The van der Waals surface area contributed by atoms with Crippen LogP contribution in [0.4, 0.5) is 0 Å². The summed E-state index contributed by atoms with van der Waals surface area (Å²) in [6.07, 6.45) is 2.45. The number of nitrogens with one attached hydrogen (secondary N) is 2. The number of thiazole rings is 1. The van der Waals surface area contributed by atoms with Gasteiger partial charge in [0.25, 0.3) is 0 Å². The zero-order valence-corrected chi connectivity index (χ0v) is 14.1. The average molecular weight is 297 g/mol. The van der Waals surface area contributed by atoms with Gasteiger partial charge < -0.3 is 10.6 Å². The molecular formula is C15H27N3OS. The first-order chi connectivity index (χ1) is 9.29. The lowest BCUT2D eigenvalue weighted by Gasteiger charge is -2.13. The maximum atomic E-state index is 11.5. The Morgan fingerprint density at radius 1 is 1.40 bits per heavy atom. The van der Waals surface area contributed by atoms with Gasteiger partial charge in [0.05, 0.1) is 5.01 Å². The van der Waals surface area contributed by atoms with Crippen LogP contribution in [0, 0.1) is 5.92 Å². The van der Waals surface area contributed by atoms with E-state index in [0.29, 0.717) is 18.9 Å². The number of hydrogen-bond acceptors (Lipinski definition) is 4. The smallest absolute Gasteiger partial charge is 0.221 e. The van der Waals surface area contributed by atoms with E-state index in [9.17, 15) is 4.79 Å². The monoisotopic (exact) mass is 297 g/mol. The van der Waals surface area contributed by atoms with Crippen molar-refractivity contribution < 1.29 is 4.79 Å². The van der Waals surface area contributed by atoms with Gasteiger partial charge in [0.2, 0.25) is 5.91 Å². The molecule has 1 heterocycles. The molecule has 0 fully saturated rings. The summed E-state index contributed by atoms with van der Waals surface area (Å²) in [7, 11) is 0. The van der Waals surface area contributed by atoms with E-state index in [0.717, 1.165) is 18.1 Å². The zero-order valence-electron chi connectivity index (χ0n) is 13.2. The molecule has 5 heteroatoms. The number of rotatable bonds is 7. The summed E-state index contributed by atoms with van der Waals surface area (Å²) in [5.74, 6) is 0.616. The summed E-state index contributed by atoms with van der Waals surface area (Å²) in [4.78, 5) is 17.2. The lowest BCUT2D eigenvalue weighted by molar-refractivity contribution is -0.121. The lowest BCUT2D eigenvalue weighted by Crippen LogP contribution is -2.30. The average Bonchev–Trinajstić information content (AvgIpc) is 2.80. The molecule has 20 heavy (non-hydrogen) atoms. The van der Waals surface area contributed by atoms with Crippen molar-refractivity contribution in [2.75, 3.05) is 13.1 Å². The van der Waals surface area contributed by atoms with E-state index >= 15 is 0 Å². The summed E-state index contributed by atoms with van der Waals surface area (Å²) >= 11 is 1.74. The molecule has 1 amide bonds. The van der Waals surface area contributed by atoms with Crippen molar-refractivity contribution in [3.05, 3.63) is 16.1 Å². The number of carbonyl (C=O) groups is 1. The molecule has 0 bridgehead atoms. The summed E-state index contributed by atoms with van der Waals surface area (Å²) in [5.41, 5.74) is 0.111. The summed E-state index contributed by atoms with van der Waals surface area (Å²) in [6, 6.07) is 0. The normalized spacial score (nSPS) is 11.9. The molecule has 0 spiro atoms. The second-order valence-electron chi connectivity index (χ2n) is 6.51. The van der Waals surface area contributed by atoms with Gasteiger partial charge in [-0.1, -0.05) is 34.6 Å². The maximum Gasteiger partial charge on any atom is 0.221 e. The highest BCUT2D eigenvalue weighted by Gasteiger charge is 2.17. The van der Waals surface area contributed by atoms with Crippen LogP contribution in [0.2, 0.25) is 0 Å². The first-order valence-corrected chi connectivity index (χ1v) is 8.03. The molecule has 0 aliphatic carbocycles. The molecule has 2 N–H and O–H groups in total. The second kappa shape index (κ2) is 7.74. The minimum absolute atomic E-state index is 0.111. The Morgan fingerprint density at radius 3 is 2.65 bits per heavy atom. The van der Waals surface area contributed by atoms with Crippen LogP contribution in [-0.4, -0.2) is 24.0 Å². The number of amides is 1. The van der Waals surface area contributed by atoms with Crippen LogP contribution >= 0.6 is 11.3 Å². The molecular weight excluding hydrogens is 270 g/mol. The van der Waals surface area contributed by atoms with Gasteiger partial charge in [-0.15, -0.1) is 11.3 Å². The third kappa shape index (κ3) is 6.48. The predicted octanol–water partition coefficient (Wildman–Crippen LogP) is 2.69. The van der Waals surface area contributed by atoms with E-state index in [1.165, 1.54) is 4.88 Å². The topological polar surface area (TPSA) is 54.0 Å². The van der Waals surface area contributed by atoms with Crippen molar-refractivity contribution in [3.63, 3.8) is 0 Å². The van der Waals surface area contributed by atoms with E-state index in [1.54, 1.807) is 11.3 Å². The number of nitrogens with zero attached hydrogens (tertiary/aromatic N) is 1. The molecule has 114 valence electrons. The van der Waals surface area contributed by atoms with Crippen LogP contribution in [0.1, 0.15) is 50.9 Å². The Bertz CT molecular complexity index is 421. The first kappa shape index (κ1) is 17.1. The quantitative estimate of drug-likeness (QED) is 0.761. The molecule has 1 aromatic rings. The lowest BCUT2D eigenvalue weighted by atomic mass is 9.98. The highest BCUT2D eigenvalue weighted by atomic mass is 32.1. The summed E-state index contributed by atoms with van der Waals surface area (Å²) in [5, 5.41) is 7.37. The van der Waals surface area contributed by atoms with Gasteiger partial charge in [-0.2, -0.15) is 0 Å². The van der Waals surface area contributed by atoms with Crippen LogP contribution in [0.25, 0.3) is 0 Å². The van der Waals surface area contributed by atoms with Crippen molar-refractivity contribution in [2.45, 2.75) is 53.0 Å². The standard InChI is InChI=1S/C15H27N3OS/c1-11(2)8-17-13(19)6-7-16-9-12-10-18-14(20-12)15(3,4)5/h10-11,16H,6-9H2,1-5H3,(H,17,19). The van der Waals surface area contributed by atoms with Crippen molar-refractivity contribution in [3.8, 4) is 0 Å². The Kier molecular flexibility index (Phi) is 6.62. The van der Waals surface area contributed by atoms with Gasteiger partial charge in [0, 0.05) is 42.5 Å². The summed E-state index contributed by atoms with van der Waals surface area (Å²) < 4.78 is 0. The van der Waals surface area contributed by atoms with Crippen molar-refractivity contribution in [2.24, 2.45) is 5.92 Å². The number of hydrogen-bond donors (Lipinski definition) is 2. The third-order valence-corrected chi connectivity index (χ3v) is 4.15. The van der Waals surface area contributed by atoms with Crippen molar-refractivity contribution in [1.82, 2.24) is 15.6 Å². The Labute approximate surface area is 126 Å². The van der Waals surface area contributed by atoms with E-state index in [-0.39, 0.29) is 11.3 Å². The van der Waals surface area contributed by atoms with E-state index < -0.39 is 0 Å². The largest absolute Gasteiger partial charge is 0.356 e. The van der Waals surface area contributed by atoms with Crippen molar-refractivity contribution >= 4 is 17.2 Å². The fourth-order valence-corrected chi connectivity index (χ4v) is 2.50. The van der Waals surface area contributed by atoms with Gasteiger partial charge >= 0.3 is 0 Å². The molecule has 4 nitrogen and oxygen atoms in total. The van der Waals surface area contributed by atoms with Gasteiger partial charge in [0.15, 0.2) is 0 Å². The molecule has 0 aliphatic rings. The summed E-state index contributed by atoms with van der Waals surface area (Å²) in [6.45, 7) is 12.9. The maximum absolute atomic E-state index is 11.5. The van der Waals surface area contributed by atoms with Crippen LogP contribution in [0.5, 0.6) is 0 Å². The number of aromatic nitrogens is 1. The van der Waals surface area contributed by atoms with E-state index in [2.05, 4.69) is 50.2 Å². The minimum Gasteiger partial charge on any atom is -0.356 e. The van der Waals surface area contributed by atoms with Gasteiger partial charge in [-0.3, -0.25) is 4.79 Å². The van der Waals surface area contributed by atoms with Crippen LogP contribution < -0.4 is 10.6 Å². The Balaban J connectivity index is 2.21. The van der Waals surface area contributed by atoms with E-state index in [1.807, 2.05) is 6.20 Å². The van der Waals surface area contributed by atoms with E-state index in [4.69, 9.17) is 0 Å². The molecule has 0 saturated heterocycles. The number of carbonyl (C=O) groups excluding carboxylic acids is 1. The van der Waals surface area contributed by atoms with Crippen LogP contribution in [-0.2, 0) is 16.8 Å². The molecule has 0 saturated carbocycles. The second-order valence-corrected chi connectivity index (χ2v) is 7.62. The molecule has 1 rings (SSSR count). The van der Waals surface area contributed by atoms with Gasteiger partial charge in [0.1, 0.15) is 0 Å². The SMILES string of the molecule is CC(C)CNC(=O)CCNCc1cnc(C(C)(C)C)s1. The fraction of sp³-hybridized carbons (Fsp3) is 0.733. The van der Waals surface area contributed by atoms with Gasteiger partial charge in [-0.25, -0.2) is 4.98 Å². The molecule has 0 atom stereocenters. The molecule has 0 aromatic carbocycles. The van der Waals surface area contributed by atoms with Crippen LogP contribution in [0.15, 0.2) is 6.20 Å². The Hall–Kier alpha value is -0.940. The molecule has 0 unspecified atom stereocenters. The highest BCUT2D eigenvalue weighted by Crippen LogP contribution is 2.26. The molecule has 0 radical (unpaired) electrons. The molecule has 0 aliphatic heterocycles.